The van der Waals surface area contributed by atoms with E-state index in [1.165, 1.54) is 12.8 Å². The summed E-state index contributed by atoms with van der Waals surface area (Å²) in [6, 6.07) is 3.71. The van der Waals surface area contributed by atoms with E-state index < -0.39 is 0 Å². The third-order valence-electron chi connectivity index (χ3n) is 2.61. The zero-order valence-corrected chi connectivity index (χ0v) is 9.28. The van der Waals surface area contributed by atoms with Crippen LogP contribution in [-0.4, -0.2) is 17.4 Å². The number of halogens is 2. The zero-order valence-electron chi connectivity index (χ0n) is 7.76. The van der Waals surface area contributed by atoms with Gasteiger partial charge in [0.15, 0.2) is 0 Å². The van der Waals surface area contributed by atoms with E-state index in [1.807, 2.05) is 12.1 Å². The minimum absolute atomic E-state index is 0.322. The Morgan fingerprint density at radius 1 is 1.43 bits per heavy atom. The molecular weight excluding hydrogens is 219 g/mol. The molecule has 0 saturated heterocycles. The Bertz CT molecular complexity index is 306. The first kappa shape index (κ1) is 10.1. The van der Waals surface area contributed by atoms with Crippen LogP contribution in [0.1, 0.15) is 12.8 Å². The van der Waals surface area contributed by atoms with Crippen LogP contribution in [0.4, 0.5) is 5.82 Å². The van der Waals surface area contributed by atoms with Crippen LogP contribution in [0.2, 0.25) is 5.02 Å². The van der Waals surface area contributed by atoms with Gasteiger partial charge in [0, 0.05) is 24.0 Å². The number of rotatable bonds is 4. The maximum atomic E-state index is 5.87. The Kier molecular flexibility index (Phi) is 2.84. The molecule has 1 aliphatic carbocycles. The van der Waals surface area contributed by atoms with E-state index in [0.717, 1.165) is 18.2 Å². The Morgan fingerprint density at radius 2 is 2.21 bits per heavy atom. The van der Waals surface area contributed by atoms with E-state index in [2.05, 4.69) is 10.3 Å². The second kappa shape index (κ2) is 3.95. The Balaban J connectivity index is 1.89. The molecule has 76 valence electrons. The minimum Gasteiger partial charge on any atom is -0.369 e. The number of pyridine rings is 1. The lowest BCUT2D eigenvalue weighted by Gasteiger charge is -2.12. The predicted molar refractivity (Wildman–Crippen MR) is 60.1 cm³/mol. The second-order valence-corrected chi connectivity index (χ2v) is 4.55. The third kappa shape index (κ3) is 2.31. The number of alkyl halides is 1. The SMILES string of the molecule is ClCC1(CNc2ccc(Cl)cn2)CC1. The highest BCUT2D eigenvalue weighted by molar-refractivity contribution is 6.30. The summed E-state index contributed by atoms with van der Waals surface area (Å²) in [6.07, 6.45) is 4.08. The van der Waals surface area contributed by atoms with E-state index in [4.69, 9.17) is 23.2 Å². The summed E-state index contributed by atoms with van der Waals surface area (Å²) in [4.78, 5) is 4.16. The van der Waals surface area contributed by atoms with Gasteiger partial charge in [0.25, 0.3) is 0 Å². The van der Waals surface area contributed by atoms with Crippen molar-refractivity contribution in [2.45, 2.75) is 12.8 Å². The summed E-state index contributed by atoms with van der Waals surface area (Å²) >= 11 is 11.6. The highest BCUT2D eigenvalue weighted by Gasteiger charge is 2.41. The Labute approximate surface area is 93.6 Å². The maximum Gasteiger partial charge on any atom is 0.126 e. The van der Waals surface area contributed by atoms with Crippen molar-refractivity contribution >= 4 is 29.0 Å². The van der Waals surface area contributed by atoms with Crippen molar-refractivity contribution in [2.24, 2.45) is 5.41 Å². The quantitative estimate of drug-likeness (QED) is 0.805. The lowest BCUT2D eigenvalue weighted by atomic mass is 10.1. The van der Waals surface area contributed by atoms with Crippen LogP contribution in [0.3, 0.4) is 0 Å². The lowest BCUT2D eigenvalue weighted by Crippen LogP contribution is -2.17. The van der Waals surface area contributed by atoms with Gasteiger partial charge in [0.2, 0.25) is 0 Å². The second-order valence-electron chi connectivity index (χ2n) is 3.85. The number of aromatic nitrogens is 1. The van der Waals surface area contributed by atoms with Crippen molar-refractivity contribution in [3.05, 3.63) is 23.4 Å². The monoisotopic (exact) mass is 230 g/mol. The normalized spacial score (nSPS) is 17.9. The van der Waals surface area contributed by atoms with Crippen molar-refractivity contribution in [1.29, 1.82) is 0 Å². The van der Waals surface area contributed by atoms with Gasteiger partial charge in [0.05, 0.1) is 5.02 Å². The lowest BCUT2D eigenvalue weighted by molar-refractivity contribution is 0.617. The average molecular weight is 231 g/mol. The van der Waals surface area contributed by atoms with E-state index >= 15 is 0 Å². The van der Waals surface area contributed by atoms with E-state index in [9.17, 15) is 0 Å². The van der Waals surface area contributed by atoms with Gasteiger partial charge in [0.1, 0.15) is 5.82 Å². The average Bonchev–Trinajstić information content (AvgIpc) is 2.98. The Hall–Kier alpha value is -0.470. The summed E-state index contributed by atoms with van der Waals surface area (Å²) in [5.74, 6) is 1.60. The van der Waals surface area contributed by atoms with Gasteiger partial charge in [-0.15, -0.1) is 11.6 Å². The van der Waals surface area contributed by atoms with Gasteiger partial charge in [-0.05, 0) is 25.0 Å². The molecule has 0 bridgehead atoms. The van der Waals surface area contributed by atoms with Gasteiger partial charge in [-0.25, -0.2) is 4.98 Å². The summed E-state index contributed by atoms with van der Waals surface area (Å²) in [5.41, 5.74) is 0.322. The summed E-state index contributed by atoms with van der Waals surface area (Å²) in [5, 5.41) is 3.93. The molecule has 2 rings (SSSR count). The van der Waals surface area contributed by atoms with E-state index in [1.54, 1.807) is 6.20 Å². The molecule has 0 aromatic carbocycles. The van der Waals surface area contributed by atoms with Crippen LogP contribution in [0, 0.1) is 5.41 Å². The number of anilines is 1. The topological polar surface area (TPSA) is 24.9 Å². The molecule has 0 aliphatic heterocycles. The standard InChI is InChI=1S/C10H12Cl2N2/c11-6-10(3-4-10)7-14-9-2-1-8(12)5-13-9/h1-2,5H,3-4,6-7H2,(H,13,14). The molecule has 0 unspecified atom stereocenters. The van der Waals surface area contributed by atoms with Crippen LogP contribution in [0.5, 0.6) is 0 Å². The number of nitrogens with one attached hydrogen (secondary N) is 1. The first-order chi connectivity index (χ1) is 6.74. The summed E-state index contributed by atoms with van der Waals surface area (Å²) in [7, 11) is 0. The summed E-state index contributed by atoms with van der Waals surface area (Å²) in [6.45, 7) is 0.908. The van der Waals surface area contributed by atoms with Gasteiger partial charge in [-0.3, -0.25) is 0 Å². The highest BCUT2D eigenvalue weighted by atomic mass is 35.5. The van der Waals surface area contributed by atoms with Crippen molar-refractivity contribution in [2.75, 3.05) is 17.7 Å². The first-order valence-electron chi connectivity index (χ1n) is 4.66. The molecule has 4 heteroatoms. The number of hydrogen-bond donors (Lipinski definition) is 1. The molecule has 0 radical (unpaired) electrons. The molecule has 1 fully saturated rings. The fourth-order valence-electron chi connectivity index (χ4n) is 1.29. The van der Waals surface area contributed by atoms with Crippen LogP contribution in [0.15, 0.2) is 18.3 Å². The van der Waals surface area contributed by atoms with Gasteiger partial charge in [-0.1, -0.05) is 11.6 Å². The zero-order chi connectivity index (χ0) is 10.0. The van der Waals surface area contributed by atoms with E-state index in [0.29, 0.717) is 10.4 Å². The van der Waals surface area contributed by atoms with E-state index in [-0.39, 0.29) is 0 Å². The molecule has 14 heavy (non-hydrogen) atoms. The van der Waals surface area contributed by atoms with Gasteiger partial charge >= 0.3 is 0 Å². The third-order valence-corrected chi connectivity index (χ3v) is 3.40. The molecule has 0 spiro atoms. The van der Waals surface area contributed by atoms with Gasteiger partial charge in [-0.2, -0.15) is 0 Å². The fourth-order valence-corrected chi connectivity index (χ4v) is 1.77. The van der Waals surface area contributed by atoms with Crippen molar-refractivity contribution in [3.63, 3.8) is 0 Å². The van der Waals surface area contributed by atoms with Crippen LogP contribution in [0.25, 0.3) is 0 Å². The Morgan fingerprint density at radius 3 is 2.71 bits per heavy atom. The largest absolute Gasteiger partial charge is 0.369 e. The van der Waals surface area contributed by atoms with Crippen molar-refractivity contribution in [1.82, 2.24) is 4.98 Å². The molecule has 1 heterocycles. The van der Waals surface area contributed by atoms with Crippen LogP contribution >= 0.6 is 23.2 Å². The van der Waals surface area contributed by atoms with Crippen LogP contribution in [-0.2, 0) is 0 Å². The molecule has 1 aromatic heterocycles. The summed E-state index contributed by atoms with van der Waals surface area (Å²) < 4.78 is 0. The molecule has 0 amide bonds. The van der Waals surface area contributed by atoms with Crippen LogP contribution < -0.4 is 5.32 Å². The highest BCUT2D eigenvalue weighted by Crippen LogP contribution is 2.46. The molecule has 1 aromatic rings. The number of hydrogen-bond acceptors (Lipinski definition) is 2. The molecule has 1 N–H and O–H groups in total. The first-order valence-corrected chi connectivity index (χ1v) is 5.57. The fraction of sp³-hybridized carbons (Fsp3) is 0.500. The smallest absolute Gasteiger partial charge is 0.126 e. The van der Waals surface area contributed by atoms with Crippen molar-refractivity contribution < 1.29 is 0 Å². The maximum absolute atomic E-state index is 5.87. The molecule has 1 saturated carbocycles. The number of nitrogens with zero attached hydrogens (tertiary/aromatic N) is 1. The molecular formula is C10H12Cl2N2. The minimum atomic E-state index is 0.322. The molecule has 1 aliphatic rings. The molecule has 0 atom stereocenters. The predicted octanol–water partition coefficient (Wildman–Crippen LogP) is 3.17. The van der Waals surface area contributed by atoms with Gasteiger partial charge < -0.3 is 5.32 Å². The molecule has 2 nitrogen and oxygen atoms in total. The van der Waals surface area contributed by atoms with Crippen molar-refractivity contribution in [3.8, 4) is 0 Å².